The fourth-order valence-corrected chi connectivity index (χ4v) is 3.70. The zero-order valence-corrected chi connectivity index (χ0v) is 13.8. The van der Waals surface area contributed by atoms with Gasteiger partial charge in [-0.25, -0.2) is 0 Å². The van der Waals surface area contributed by atoms with Crippen LogP contribution < -0.4 is 5.32 Å². The number of nitrogens with zero attached hydrogens (tertiary/aromatic N) is 2. The molecule has 4 nitrogen and oxygen atoms in total. The van der Waals surface area contributed by atoms with Crippen molar-refractivity contribution in [2.45, 2.75) is 51.4 Å². The molecule has 1 unspecified atom stereocenters. The Hall–Kier alpha value is -0.610. The highest BCUT2D eigenvalue weighted by atomic mass is 16.2. The van der Waals surface area contributed by atoms with Gasteiger partial charge in [0.2, 0.25) is 5.91 Å². The van der Waals surface area contributed by atoms with Crippen molar-refractivity contribution >= 4 is 5.91 Å². The number of carbonyl (C=O) groups excluding carboxylic acids is 1. The first-order valence-corrected chi connectivity index (χ1v) is 8.94. The Labute approximate surface area is 130 Å². The van der Waals surface area contributed by atoms with Gasteiger partial charge in [-0.05, 0) is 64.7 Å². The molecule has 1 atom stereocenters. The Balaban J connectivity index is 1.73. The van der Waals surface area contributed by atoms with Gasteiger partial charge in [0.05, 0.1) is 0 Å². The first-order valence-electron chi connectivity index (χ1n) is 8.94. The van der Waals surface area contributed by atoms with Crippen molar-refractivity contribution < 1.29 is 4.79 Å². The Kier molecular flexibility index (Phi) is 7.51. The summed E-state index contributed by atoms with van der Waals surface area (Å²) in [6.45, 7) is 6.67. The van der Waals surface area contributed by atoms with Gasteiger partial charge in [0, 0.05) is 26.1 Å². The highest BCUT2D eigenvalue weighted by Crippen LogP contribution is 2.20. The summed E-state index contributed by atoms with van der Waals surface area (Å²) in [5.74, 6) is 1.07. The number of hydrogen-bond donors (Lipinski definition) is 1. The molecular weight excluding hydrogens is 262 g/mol. The highest BCUT2D eigenvalue weighted by molar-refractivity contribution is 5.76. The minimum Gasteiger partial charge on any atom is -0.342 e. The molecule has 0 aromatic carbocycles. The van der Waals surface area contributed by atoms with E-state index >= 15 is 0 Å². The molecule has 0 radical (unpaired) electrons. The fourth-order valence-electron chi connectivity index (χ4n) is 3.70. The smallest absolute Gasteiger partial charge is 0.222 e. The van der Waals surface area contributed by atoms with Gasteiger partial charge in [-0.15, -0.1) is 0 Å². The maximum Gasteiger partial charge on any atom is 0.222 e. The van der Waals surface area contributed by atoms with Gasteiger partial charge in [-0.2, -0.15) is 0 Å². The van der Waals surface area contributed by atoms with Crippen LogP contribution in [0, 0.1) is 5.92 Å². The van der Waals surface area contributed by atoms with E-state index in [1.54, 1.807) is 0 Å². The van der Waals surface area contributed by atoms with Gasteiger partial charge in [0.15, 0.2) is 0 Å². The Morgan fingerprint density at radius 1 is 1.10 bits per heavy atom. The molecular formula is C17H33N3O. The monoisotopic (exact) mass is 295 g/mol. The van der Waals surface area contributed by atoms with Crippen molar-refractivity contribution in [3.05, 3.63) is 0 Å². The van der Waals surface area contributed by atoms with Crippen LogP contribution in [-0.4, -0.2) is 62.0 Å². The van der Waals surface area contributed by atoms with E-state index in [1.807, 2.05) is 7.05 Å². The second-order valence-electron chi connectivity index (χ2n) is 6.77. The molecule has 21 heavy (non-hydrogen) atoms. The van der Waals surface area contributed by atoms with E-state index in [-0.39, 0.29) is 0 Å². The number of rotatable bonds is 6. The summed E-state index contributed by atoms with van der Waals surface area (Å²) in [4.78, 5) is 17.0. The Morgan fingerprint density at radius 2 is 1.86 bits per heavy atom. The lowest BCUT2D eigenvalue weighted by Gasteiger charge is -2.35. The van der Waals surface area contributed by atoms with Crippen molar-refractivity contribution in [1.29, 1.82) is 0 Å². The van der Waals surface area contributed by atoms with E-state index in [4.69, 9.17) is 0 Å². The largest absolute Gasteiger partial charge is 0.342 e. The van der Waals surface area contributed by atoms with E-state index in [0.717, 1.165) is 26.1 Å². The average molecular weight is 295 g/mol. The number of carbonyl (C=O) groups is 1. The molecule has 2 rings (SSSR count). The third-order valence-corrected chi connectivity index (χ3v) is 4.90. The van der Waals surface area contributed by atoms with Crippen molar-refractivity contribution in [1.82, 2.24) is 15.1 Å². The number of nitrogens with one attached hydrogen (secondary N) is 1. The van der Waals surface area contributed by atoms with Crippen LogP contribution >= 0.6 is 0 Å². The van der Waals surface area contributed by atoms with Crippen molar-refractivity contribution in [2.75, 3.05) is 46.3 Å². The van der Waals surface area contributed by atoms with Crippen LogP contribution in [0.2, 0.25) is 0 Å². The molecule has 2 aliphatic rings. The van der Waals surface area contributed by atoms with Gasteiger partial charge in [0.1, 0.15) is 0 Å². The van der Waals surface area contributed by atoms with Gasteiger partial charge in [0.25, 0.3) is 0 Å². The van der Waals surface area contributed by atoms with E-state index in [0.29, 0.717) is 18.2 Å². The quantitative estimate of drug-likeness (QED) is 0.762. The van der Waals surface area contributed by atoms with Crippen LogP contribution in [0.1, 0.15) is 51.4 Å². The minimum atomic E-state index is 0.366. The van der Waals surface area contributed by atoms with Crippen LogP contribution in [0.15, 0.2) is 0 Å². The summed E-state index contributed by atoms with van der Waals surface area (Å²) in [5.41, 5.74) is 0. The van der Waals surface area contributed by atoms with Crippen LogP contribution in [0.3, 0.4) is 0 Å². The number of amides is 1. The average Bonchev–Trinajstić information content (AvgIpc) is 2.76. The van der Waals surface area contributed by atoms with Gasteiger partial charge in [-0.3, -0.25) is 4.79 Å². The van der Waals surface area contributed by atoms with Crippen LogP contribution in [0.5, 0.6) is 0 Å². The molecule has 0 aromatic rings. The molecule has 1 amide bonds. The predicted molar refractivity (Wildman–Crippen MR) is 87.4 cm³/mol. The molecule has 4 heteroatoms. The summed E-state index contributed by atoms with van der Waals surface area (Å²) in [6.07, 6.45) is 9.68. The first-order chi connectivity index (χ1) is 10.3. The lowest BCUT2D eigenvalue weighted by molar-refractivity contribution is -0.133. The molecule has 0 spiro atoms. The molecule has 0 saturated carbocycles. The Morgan fingerprint density at radius 3 is 2.57 bits per heavy atom. The fraction of sp³-hybridized carbons (Fsp3) is 0.941. The topological polar surface area (TPSA) is 35.6 Å². The van der Waals surface area contributed by atoms with Gasteiger partial charge >= 0.3 is 0 Å². The lowest BCUT2D eigenvalue weighted by atomic mass is 9.97. The highest BCUT2D eigenvalue weighted by Gasteiger charge is 2.25. The molecule has 0 bridgehead atoms. The predicted octanol–water partition coefficient (Wildman–Crippen LogP) is 2.10. The third kappa shape index (κ3) is 5.95. The van der Waals surface area contributed by atoms with E-state index in [1.165, 1.54) is 58.2 Å². The SMILES string of the molecule is CNCCCC(=O)N1CCCC(CN2CCCCCC2)C1. The first kappa shape index (κ1) is 16.8. The summed E-state index contributed by atoms with van der Waals surface area (Å²) in [7, 11) is 1.95. The minimum absolute atomic E-state index is 0.366. The van der Waals surface area contributed by atoms with E-state index in [2.05, 4.69) is 15.1 Å². The zero-order valence-electron chi connectivity index (χ0n) is 13.8. The van der Waals surface area contributed by atoms with Crippen LogP contribution in [0.25, 0.3) is 0 Å². The van der Waals surface area contributed by atoms with Gasteiger partial charge in [-0.1, -0.05) is 12.8 Å². The molecule has 2 heterocycles. The standard InChI is InChI=1S/C17H33N3O/c1-18-10-6-9-17(21)20-13-7-8-16(15-20)14-19-11-4-2-3-5-12-19/h16,18H,2-15H2,1H3. The van der Waals surface area contributed by atoms with Gasteiger partial charge < -0.3 is 15.1 Å². The molecule has 2 aliphatic heterocycles. The van der Waals surface area contributed by atoms with Crippen molar-refractivity contribution in [3.63, 3.8) is 0 Å². The number of hydrogen-bond acceptors (Lipinski definition) is 3. The lowest BCUT2D eigenvalue weighted by Crippen LogP contribution is -2.44. The summed E-state index contributed by atoms with van der Waals surface area (Å²) in [6, 6.07) is 0. The zero-order chi connectivity index (χ0) is 14.9. The number of likely N-dealkylation sites (tertiary alicyclic amines) is 2. The van der Waals surface area contributed by atoms with Crippen LogP contribution in [0.4, 0.5) is 0 Å². The molecule has 1 N–H and O–H groups in total. The van der Waals surface area contributed by atoms with E-state index in [9.17, 15) is 4.79 Å². The second kappa shape index (κ2) is 9.42. The molecule has 0 aliphatic carbocycles. The maximum absolute atomic E-state index is 12.3. The van der Waals surface area contributed by atoms with E-state index < -0.39 is 0 Å². The Bertz CT molecular complexity index is 300. The summed E-state index contributed by atoms with van der Waals surface area (Å²) < 4.78 is 0. The molecule has 2 fully saturated rings. The summed E-state index contributed by atoms with van der Waals surface area (Å²) >= 11 is 0. The normalized spacial score (nSPS) is 24.8. The number of piperidine rings is 1. The molecule has 122 valence electrons. The van der Waals surface area contributed by atoms with Crippen molar-refractivity contribution in [2.24, 2.45) is 5.92 Å². The summed E-state index contributed by atoms with van der Waals surface area (Å²) in [5, 5.41) is 3.12. The molecule has 2 saturated heterocycles. The maximum atomic E-state index is 12.3. The van der Waals surface area contributed by atoms with Crippen LogP contribution in [-0.2, 0) is 4.79 Å². The molecule has 0 aromatic heterocycles. The van der Waals surface area contributed by atoms with Crippen molar-refractivity contribution in [3.8, 4) is 0 Å². The third-order valence-electron chi connectivity index (χ3n) is 4.90. The second-order valence-corrected chi connectivity index (χ2v) is 6.77.